The lowest BCUT2D eigenvalue weighted by Crippen LogP contribution is -2.52. The van der Waals surface area contributed by atoms with Crippen molar-refractivity contribution in [2.45, 2.75) is 44.6 Å². The van der Waals surface area contributed by atoms with E-state index in [-0.39, 0.29) is 11.4 Å². The number of fused-ring (bicyclic) bond motifs is 2. The number of ether oxygens (including phenoxy) is 1. The van der Waals surface area contributed by atoms with E-state index in [1.165, 1.54) is 39.1 Å². The van der Waals surface area contributed by atoms with Crippen molar-refractivity contribution >= 4 is 22.2 Å². The van der Waals surface area contributed by atoms with Gasteiger partial charge in [-0.15, -0.1) is 0 Å². The van der Waals surface area contributed by atoms with Gasteiger partial charge < -0.3 is 14.6 Å². The van der Waals surface area contributed by atoms with Crippen LogP contribution in [0.5, 0.6) is 0 Å². The summed E-state index contributed by atoms with van der Waals surface area (Å²) < 4.78 is 23.0. The maximum atomic E-state index is 13.7. The first-order valence-electron chi connectivity index (χ1n) is 12.8. The van der Waals surface area contributed by atoms with Crippen molar-refractivity contribution in [2.75, 3.05) is 13.1 Å². The highest BCUT2D eigenvalue weighted by Gasteiger charge is 2.42. The number of para-hydroxylation sites is 1. The molecule has 0 bridgehead atoms. The smallest absolute Gasteiger partial charge is 0.137 e. The first-order valence-corrected chi connectivity index (χ1v) is 12.8. The Morgan fingerprint density at radius 1 is 0.914 bits per heavy atom. The Bertz CT molecular complexity index is 1490. The van der Waals surface area contributed by atoms with Crippen LogP contribution in [0.2, 0.25) is 0 Å². The molecule has 1 saturated heterocycles. The molecule has 4 aromatic rings. The number of halogens is 1. The van der Waals surface area contributed by atoms with Gasteiger partial charge in [0, 0.05) is 52.9 Å². The Kier molecular flexibility index (Phi) is 5.69. The molecule has 3 heterocycles. The maximum absolute atomic E-state index is 13.7. The van der Waals surface area contributed by atoms with Crippen LogP contribution in [0, 0.1) is 5.82 Å². The normalized spacial score (nSPS) is 17.0. The minimum Gasteiger partial charge on any atom is -0.486 e. The Morgan fingerprint density at radius 2 is 1.63 bits per heavy atom. The highest BCUT2D eigenvalue weighted by Crippen LogP contribution is 2.43. The molecule has 0 amide bonds. The van der Waals surface area contributed by atoms with Gasteiger partial charge in [0.2, 0.25) is 0 Å². The molecule has 4 heteroatoms. The van der Waals surface area contributed by atoms with Crippen LogP contribution in [0.25, 0.3) is 27.9 Å². The lowest BCUT2D eigenvalue weighted by Gasteiger charge is -2.43. The predicted molar refractivity (Wildman–Crippen MR) is 140 cm³/mol. The summed E-state index contributed by atoms with van der Waals surface area (Å²) in [5.41, 5.74) is 4.19. The number of hydrogen-bond donors (Lipinski definition) is 1. The maximum Gasteiger partial charge on any atom is 0.137 e. The van der Waals surface area contributed by atoms with E-state index < -0.39 is 0 Å². The van der Waals surface area contributed by atoms with Gasteiger partial charge in [-0.25, -0.2) is 4.39 Å². The largest absolute Gasteiger partial charge is 0.486 e. The highest BCUT2D eigenvalue weighted by atomic mass is 19.1. The fourth-order valence-electron chi connectivity index (χ4n) is 5.82. The predicted octanol–water partition coefficient (Wildman–Crippen LogP) is 5.42. The standard InChI is InChI=1S/C31H31FN2O/c1-2-3-12-29-25-9-4-5-10-26(25)30(31(35-29)17-19-33-20-18-31)27-21-34(23-15-13-22(32)14-16-23)28-11-7-6-8-24(27)28/h4-11,13-16,21,33H,2-3,12,17-20H2,1H3. The number of aromatic nitrogens is 1. The van der Waals surface area contributed by atoms with Gasteiger partial charge in [0.25, 0.3) is 0 Å². The molecule has 1 spiro atoms. The van der Waals surface area contributed by atoms with Crippen molar-refractivity contribution in [3.8, 4) is 5.69 Å². The molecule has 0 unspecified atom stereocenters. The summed E-state index contributed by atoms with van der Waals surface area (Å²) >= 11 is 0. The summed E-state index contributed by atoms with van der Waals surface area (Å²) in [4.78, 5) is 0. The molecule has 3 aromatic carbocycles. The van der Waals surface area contributed by atoms with Gasteiger partial charge in [-0.05, 0) is 55.1 Å². The highest BCUT2D eigenvalue weighted by molar-refractivity contribution is 5.96. The summed E-state index contributed by atoms with van der Waals surface area (Å²) in [5.74, 6) is 0.911. The SMILES string of the molecule is CCCCC1=c2ccccc2=C(c2cn(-c3ccc(F)cc3)c3ccccc23)C2(CCNCC2)O1. The lowest BCUT2D eigenvalue weighted by atomic mass is 9.78. The Labute approximate surface area is 205 Å². The summed E-state index contributed by atoms with van der Waals surface area (Å²) in [7, 11) is 0. The summed E-state index contributed by atoms with van der Waals surface area (Å²) in [6, 6.07) is 24.0. The van der Waals surface area contributed by atoms with Crippen LogP contribution in [0.3, 0.4) is 0 Å². The third kappa shape index (κ3) is 3.77. The van der Waals surface area contributed by atoms with Gasteiger partial charge in [-0.1, -0.05) is 55.8 Å². The van der Waals surface area contributed by atoms with Gasteiger partial charge in [-0.2, -0.15) is 0 Å². The first-order chi connectivity index (χ1) is 17.2. The van der Waals surface area contributed by atoms with E-state index in [1.54, 1.807) is 0 Å². The molecule has 178 valence electrons. The molecule has 0 saturated carbocycles. The molecular weight excluding hydrogens is 435 g/mol. The van der Waals surface area contributed by atoms with Crippen molar-refractivity contribution < 1.29 is 9.13 Å². The van der Waals surface area contributed by atoms with Crippen LogP contribution in [0.4, 0.5) is 4.39 Å². The van der Waals surface area contributed by atoms with E-state index in [0.717, 1.165) is 62.2 Å². The van der Waals surface area contributed by atoms with Gasteiger partial charge >= 0.3 is 0 Å². The van der Waals surface area contributed by atoms with Crippen LogP contribution in [0.15, 0.2) is 79.0 Å². The topological polar surface area (TPSA) is 26.2 Å². The van der Waals surface area contributed by atoms with E-state index in [1.807, 2.05) is 12.1 Å². The molecular formula is C31H31FN2O. The van der Waals surface area contributed by atoms with E-state index in [0.29, 0.717) is 0 Å². The minimum absolute atomic E-state index is 0.224. The van der Waals surface area contributed by atoms with Crippen molar-refractivity contribution in [3.63, 3.8) is 0 Å². The second-order valence-electron chi connectivity index (χ2n) is 9.70. The van der Waals surface area contributed by atoms with Gasteiger partial charge in [-0.3, -0.25) is 0 Å². The van der Waals surface area contributed by atoms with Crippen LogP contribution in [0.1, 0.15) is 44.6 Å². The molecule has 2 aliphatic heterocycles. The molecule has 6 rings (SSSR count). The molecule has 1 aromatic heterocycles. The van der Waals surface area contributed by atoms with E-state index in [9.17, 15) is 4.39 Å². The first kappa shape index (κ1) is 22.1. The summed E-state index contributed by atoms with van der Waals surface area (Å²) in [6.45, 7) is 4.10. The Hall–Kier alpha value is -3.37. The van der Waals surface area contributed by atoms with E-state index >= 15 is 0 Å². The van der Waals surface area contributed by atoms with Crippen LogP contribution in [-0.2, 0) is 4.74 Å². The Morgan fingerprint density at radius 3 is 2.40 bits per heavy atom. The molecule has 35 heavy (non-hydrogen) atoms. The number of benzene rings is 3. The second kappa shape index (κ2) is 9.01. The van der Waals surface area contributed by atoms with Crippen molar-refractivity contribution in [3.05, 3.63) is 101 Å². The zero-order valence-electron chi connectivity index (χ0n) is 20.2. The van der Waals surface area contributed by atoms with Crippen molar-refractivity contribution in [1.82, 2.24) is 9.88 Å². The quantitative estimate of drug-likeness (QED) is 0.425. The molecule has 1 fully saturated rings. The number of nitrogens with one attached hydrogen (secondary N) is 1. The van der Waals surface area contributed by atoms with Gasteiger partial charge in [0.1, 0.15) is 17.2 Å². The average molecular weight is 467 g/mol. The molecule has 0 aliphatic carbocycles. The van der Waals surface area contributed by atoms with E-state index in [2.05, 4.69) is 71.5 Å². The van der Waals surface area contributed by atoms with E-state index in [4.69, 9.17) is 4.74 Å². The number of unbranched alkanes of at least 4 members (excludes halogenated alkanes) is 1. The van der Waals surface area contributed by atoms with Crippen LogP contribution in [-0.4, -0.2) is 23.3 Å². The third-order valence-corrected chi connectivity index (χ3v) is 7.53. The van der Waals surface area contributed by atoms with Crippen LogP contribution < -0.4 is 15.8 Å². The fourth-order valence-corrected chi connectivity index (χ4v) is 5.82. The molecule has 3 nitrogen and oxygen atoms in total. The molecule has 1 N–H and O–H groups in total. The number of piperidine rings is 1. The summed E-state index contributed by atoms with van der Waals surface area (Å²) in [5, 5.41) is 7.24. The third-order valence-electron chi connectivity index (χ3n) is 7.53. The number of hydrogen-bond acceptors (Lipinski definition) is 2. The molecule has 0 atom stereocenters. The van der Waals surface area contributed by atoms with Crippen molar-refractivity contribution in [2.24, 2.45) is 0 Å². The lowest BCUT2D eigenvalue weighted by molar-refractivity contribution is 0.0549. The fraction of sp³-hybridized carbons (Fsp3) is 0.290. The van der Waals surface area contributed by atoms with Crippen LogP contribution >= 0.6 is 0 Å². The molecule has 2 aliphatic rings. The average Bonchev–Trinajstić information content (AvgIpc) is 3.27. The summed E-state index contributed by atoms with van der Waals surface area (Å²) in [6.07, 6.45) is 7.33. The zero-order valence-corrected chi connectivity index (χ0v) is 20.2. The molecule has 0 radical (unpaired) electrons. The van der Waals surface area contributed by atoms with Gasteiger partial charge in [0.15, 0.2) is 0 Å². The Balaban J connectivity index is 1.68. The minimum atomic E-state index is -0.361. The van der Waals surface area contributed by atoms with Crippen molar-refractivity contribution in [1.29, 1.82) is 0 Å². The second-order valence-corrected chi connectivity index (χ2v) is 9.70. The monoisotopic (exact) mass is 466 g/mol. The number of rotatable bonds is 5. The van der Waals surface area contributed by atoms with Gasteiger partial charge in [0.05, 0.1) is 5.52 Å². The number of nitrogens with zero attached hydrogens (tertiary/aromatic N) is 1. The zero-order chi connectivity index (χ0) is 23.8.